The van der Waals surface area contributed by atoms with Crippen LogP contribution in [-0.4, -0.2) is 25.7 Å². The Labute approximate surface area is 153 Å². The van der Waals surface area contributed by atoms with E-state index in [-0.39, 0.29) is 4.90 Å². The lowest BCUT2D eigenvalue weighted by Crippen LogP contribution is -2.14. The van der Waals surface area contributed by atoms with Crippen LogP contribution in [0.15, 0.2) is 70.6 Å². The van der Waals surface area contributed by atoms with E-state index in [4.69, 9.17) is 0 Å². The van der Waals surface area contributed by atoms with Crippen molar-refractivity contribution in [2.75, 3.05) is 6.26 Å². The maximum absolute atomic E-state index is 11.7. The van der Waals surface area contributed by atoms with Gasteiger partial charge in [0, 0.05) is 11.8 Å². The molecule has 0 aromatic heterocycles. The third-order valence-electron chi connectivity index (χ3n) is 4.63. The van der Waals surface area contributed by atoms with Gasteiger partial charge in [-0.05, 0) is 52.8 Å². The van der Waals surface area contributed by atoms with Gasteiger partial charge in [-0.15, -0.1) is 0 Å². The van der Waals surface area contributed by atoms with E-state index in [1.54, 1.807) is 24.3 Å². The van der Waals surface area contributed by atoms with Crippen molar-refractivity contribution in [3.8, 4) is 0 Å². The SMILES string of the molecule is CC/C(C(=O)O)=C1\CC(c2ccc(S(C)(=O)=O)cc2)=C1c1ccccc1. The van der Waals surface area contributed by atoms with E-state index in [1.165, 1.54) is 6.26 Å². The molecule has 0 aliphatic heterocycles. The number of hydrogen-bond acceptors (Lipinski definition) is 3. The Kier molecular flexibility index (Phi) is 4.83. The lowest BCUT2D eigenvalue weighted by Gasteiger charge is -2.30. The fourth-order valence-electron chi connectivity index (χ4n) is 3.28. The summed E-state index contributed by atoms with van der Waals surface area (Å²) in [6.45, 7) is 1.85. The van der Waals surface area contributed by atoms with Crippen LogP contribution in [0, 0.1) is 0 Å². The van der Waals surface area contributed by atoms with Crippen LogP contribution in [-0.2, 0) is 14.6 Å². The van der Waals surface area contributed by atoms with Crippen LogP contribution < -0.4 is 0 Å². The van der Waals surface area contributed by atoms with Gasteiger partial charge in [0.15, 0.2) is 9.84 Å². The summed E-state index contributed by atoms with van der Waals surface area (Å²) < 4.78 is 23.3. The minimum Gasteiger partial charge on any atom is -0.478 e. The molecule has 4 nitrogen and oxygen atoms in total. The Morgan fingerprint density at radius 1 is 1.00 bits per heavy atom. The molecule has 1 N–H and O–H groups in total. The first-order valence-corrected chi connectivity index (χ1v) is 10.3. The van der Waals surface area contributed by atoms with Gasteiger partial charge in [-0.1, -0.05) is 49.4 Å². The first-order valence-electron chi connectivity index (χ1n) is 8.37. The lowest BCUT2D eigenvalue weighted by molar-refractivity contribution is -0.132. The van der Waals surface area contributed by atoms with Crippen molar-refractivity contribution in [1.29, 1.82) is 0 Å². The molecule has 3 rings (SSSR count). The van der Waals surface area contributed by atoms with E-state index < -0.39 is 15.8 Å². The van der Waals surface area contributed by atoms with Gasteiger partial charge < -0.3 is 5.11 Å². The molecule has 0 saturated heterocycles. The van der Waals surface area contributed by atoms with E-state index in [0.29, 0.717) is 18.4 Å². The highest BCUT2D eigenvalue weighted by atomic mass is 32.2. The number of carboxylic acid groups (broad SMARTS) is 1. The first-order chi connectivity index (χ1) is 12.3. The Hall–Kier alpha value is -2.66. The van der Waals surface area contributed by atoms with E-state index >= 15 is 0 Å². The molecule has 0 atom stereocenters. The summed E-state index contributed by atoms with van der Waals surface area (Å²) >= 11 is 0. The molecule has 134 valence electrons. The van der Waals surface area contributed by atoms with Gasteiger partial charge in [-0.2, -0.15) is 0 Å². The second-order valence-electron chi connectivity index (χ2n) is 6.31. The van der Waals surface area contributed by atoms with E-state index in [2.05, 4.69) is 0 Å². The van der Waals surface area contributed by atoms with E-state index in [0.717, 1.165) is 27.8 Å². The number of allylic oxidation sites excluding steroid dienone is 3. The first kappa shape index (κ1) is 18.1. The number of carboxylic acids is 1. The largest absolute Gasteiger partial charge is 0.478 e. The quantitative estimate of drug-likeness (QED) is 0.803. The highest BCUT2D eigenvalue weighted by Crippen LogP contribution is 2.48. The van der Waals surface area contributed by atoms with Gasteiger partial charge in [0.1, 0.15) is 0 Å². The fraction of sp³-hybridized carbons (Fsp3) is 0.190. The van der Waals surface area contributed by atoms with Gasteiger partial charge in [-0.25, -0.2) is 13.2 Å². The zero-order valence-electron chi connectivity index (χ0n) is 14.7. The van der Waals surface area contributed by atoms with E-state index in [9.17, 15) is 18.3 Å². The number of hydrogen-bond donors (Lipinski definition) is 1. The summed E-state index contributed by atoms with van der Waals surface area (Å²) in [5.41, 5.74) is 5.16. The molecule has 0 unspecified atom stereocenters. The Balaban J connectivity index is 2.16. The van der Waals surface area contributed by atoms with Crippen LogP contribution >= 0.6 is 0 Å². The van der Waals surface area contributed by atoms with Crippen molar-refractivity contribution in [3.63, 3.8) is 0 Å². The molecule has 0 bridgehead atoms. The highest BCUT2D eigenvalue weighted by Gasteiger charge is 2.30. The van der Waals surface area contributed by atoms with Crippen LogP contribution in [0.3, 0.4) is 0 Å². The van der Waals surface area contributed by atoms with Gasteiger partial charge in [0.2, 0.25) is 0 Å². The normalized spacial score (nSPS) is 16.2. The number of aliphatic carboxylic acids is 1. The average Bonchev–Trinajstić information content (AvgIpc) is 2.58. The summed E-state index contributed by atoms with van der Waals surface area (Å²) in [4.78, 5) is 11.9. The monoisotopic (exact) mass is 368 g/mol. The zero-order chi connectivity index (χ0) is 18.9. The summed E-state index contributed by atoms with van der Waals surface area (Å²) in [6, 6.07) is 16.5. The third kappa shape index (κ3) is 3.35. The topological polar surface area (TPSA) is 71.4 Å². The van der Waals surface area contributed by atoms with Crippen LogP contribution in [0.2, 0.25) is 0 Å². The molecule has 0 fully saturated rings. The molecule has 0 spiro atoms. The molecule has 1 aliphatic rings. The number of sulfone groups is 1. The van der Waals surface area contributed by atoms with Crippen molar-refractivity contribution in [3.05, 3.63) is 76.9 Å². The summed E-state index contributed by atoms with van der Waals surface area (Å²) in [5.74, 6) is -0.887. The maximum Gasteiger partial charge on any atom is 0.331 e. The van der Waals surface area contributed by atoms with Crippen molar-refractivity contribution in [2.24, 2.45) is 0 Å². The molecule has 0 heterocycles. The number of benzene rings is 2. The molecule has 2 aromatic carbocycles. The van der Waals surface area contributed by atoms with Crippen molar-refractivity contribution < 1.29 is 18.3 Å². The Bertz CT molecular complexity index is 1010. The molecule has 5 heteroatoms. The third-order valence-corrected chi connectivity index (χ3v) is 5.75. The van der Waals surface area contributed by atoms with Gasteiger partial charge in [0.25, 0.3) is 0 Å². The lowest BCUT2D eigenvalue weighted by atomic mass is 9.73. The second-order valence-corrected chi connectivity index (χ2v) is 8.32. The average molecular weight is 368 g/mol. The summed E-state index contributed by atoms with van der Waals surface area (Å²) in [7, 11) is -3.24. The molecular formula is C21H20O4S. The smallest absolute Gasteiger partial charge is 0.331 e. The van der Waals surface area contributed by atoms with Gasteiger partial charge in [0.05, 0.1) is 4.90 Å². The maximum atomic E-state index is 11.7. The second kappa shape index (κ2) is 6.92. The molecule has 0 radical (unpaired) electrons. The van der Waals surface area contributed by atoms with E-state index in [1.807, 2.05) is 37.3 Å². The fourth-order valence-corrected chi connectivity index (χ4v) is 3.91. The molecule has 0 saturated carbocycles. The zero-order valence-corrected chi connectivity index (χ0v) is 15.5. The van der Waals surface area contributed by atoms with Crippen LogP contribution in [0.1, 0.15) is 30.9 Å². The predicted octanol–water partition coefficient (Wildman–Crippen LogP) is 4.20. The van der Waals surface area contributed by atoms with Crippen molar-refractivity contribution in [2.45, 2.75) is 24.7 Å². The standard InChI is InChI=1S/C21H20O4S/c1-3-17(21(22)23)19-13-18(20(19)15-7-5-4-6-8-15)14-9-11-16(12-10-14)26(2,24)25/h4-12H,3,13H2,1-2H3,(H,22,23)/b19-17-. The van der Waals surface area contributed by atoms with Crippen molar-refractivity contribution >= 4 is 27.0 Å². The minimum atomic E-state index is -3.24. The molecule has 0 amide bonds. The minimum absolute atomic E-state index is 0.276. The molecule has 26 heavy (non-hydrogen) atoms. The van der Waals surface area contributed by atoms with Gasteiger partial charge >= 0.3 is 5.97 Å². The number of rotatable bonds is 5. The van der Waals surface area contributed by atoms with Crippen LogP contribution in [0.25, 0.3) is 11.1 Å². The Morgan fingerprint density at radius 2 is 1.62 bits per heavy atom. The predicted molar refractivity (Wildman–Crippen MR) is 102 cm³/mol. The molecule has 1 aliphatic carbocycles. The highest BCUT2D eigenvalue weighted by molar-refractivity contribution is 7.90. The number of carbonyl (C=O) groups is 1. The Morgan fingerprint density at radius 3 is 2.12 bits per heavy atom. The van der Waals surface area contributed by atoms with Crippen molar-refractivity contribution in [1.82, 2.24) is 0 Å². The summed E-state index contributed by atoms with van der Waals surface area (Å²) in [5, 5.41) is 9.51. The van der Waals surface area contributed by atoms with Crippen LogP contribution in [0.4, 0.5) is 0 Å². The molecular weight excluding hydrogens is 348 g/mol. The van der Waals surface area contributed by atoms with Crippen LogP contribution in [0.5, 0.6) is 0 Å². The van der Waals surface area contributed by atoms with Gasteiger partial charge in [-0.3, -0.25) is 0 Å². The summed E-state index contributed by atoms with van der Waals surface area (Å²) in [6.07, 6.45) is 2.21. The molecule has 2 aromatic rings.